The van der Waals surface area contributed by atoms with Gasteiger partial charge in [0.15, 0.2) is 4.80 Å². The zero-order chi connectivity index (χ0) is 18.7. The Hall–Kier alpha value is -2.40. The molecule has 0 aliphatic rings. The number of hydrogen-bond acceptors (Lipinski definition) is 3. The Balaban J connectivity index is 2.00. The van der Waals surface area contributed by atoms with Crippen LogP contribution in [0.5, 0.6) is 5.75 Å². The molecule has 4 nitrogen and oxygen atoms in total. The fourth-order valence-corrected chi connectivity index (χ4v) is 4.23. The van der Waals surface area contributed by atoms with Gasteiger partial charge < -0.3 is 9.30 Å². The van der Waals surface area contributed by atoms with Crippen molar-refractivity contribution in [3.63, 3.8) is 0 Å². The molecule has 1 amide bonds. The minimum atomic E-state index is -0.125. The maximum atomic E-state index is 12.5. The van der Waals surface area contributed by atoms with E-state index in [4.69, 9.17) is 4.74 Å². The number of aryl methyl sites for hydroxylation is 3. The summed E-state index contributed by atoms with van der Waals surface area (Å²) in [6.07, 6.45) is 1.32. The van der Waals surface area contributed by atoms with Crippen LogP contribution in [0.4, 0.5) is 0 Å². The summed E-state index contributed by atoms with van der Waals surface area (Å²) in [6.45, 7) is 6.98. The van der Waals surface area contributed by atoms with Crippen LogP contribution in [0.2, 0.25) is 0 Å². The highest BCUT2D eigenvalue weighted by Gasteiger charge is 2.13. The van der Waals surface area contributed by atoms with Crippen LogP contribution >= 0.6 is 11.3 Å². The Morgan fingerprint density at radius 1 is 1.12 bits per heavy atom. The first-order chi connectivity index (χ1) is 12.6. The smallest absolute Gasteiger partial charge is 0.252 e. The minimum Gasteiger partial charge on any atom is -0.495 e. The van der Waals surface area contributed by atoms with Crippen molar-refractivity contribution in [1.29, 1.82) is 0 Å². The van der Waals surface area contributed by atoms with Crippen LogP contribution in [0.25, 0.3) is 10.2 Å². The van der Waals surface area contributed by atoms with E-state index in [1.54, 1.807) is 18.4 Å². The molecule has 3 aromatic rings. The van der Waals surface area contributed by atoms with Crippen molar-refractivity contribution >= 4 is 27.5 Å². The molecular weight excluding hydrogens is 344 g/mol. The monoisotopic (exact) mass is 368 g/mol. The van der Waals surface area contributed by atoms with Gasteiger partial charge >= 0.3 is 0 Å². The van der Waals surface area contributed by atoms with Gasteiger partial charge in [0.2, 0.25) is 0 Å². The fourth-order valence-electron chi connectivity index (χ4n) is 3.04. The number of ether oxygens (including phenoxy) is 1. The van der Waals surface area contributed by atoms with Crippen LogP contribution in [0.15, 0.2) is 41.4 Å². The molecule has 0 radical (unpaired) electrons. The van der Waals surface area contributed by atoms with Gasteiger partial charge in [-0.2, -0.15) is 4.99 Å². The maximum absolute atomic E-state index is 12.5. The number of benzene rings is 2. The number of methoxy groups -OCH3 is 1. The van der Waals surface area contributed by atoms with Gasteiger partial charge in [0.05, 0.1) is 18.2 Å². The molecule has 2 aromatic carbocycles. The second-order valence-electron chi connectivity index (χ2n) is 6.24. The lowest BCUT2D eigenvalue weighted by atomic mass is 10.1. The molecule has 0 saturated heterocycles. The average molecular weight is 369 g/mol. The number of carbonyl (C=O) groups excluding carboxylic acids is 1. The Morgan fingerprint density at radius 2 is 1.81 bits per heavy atom. The summed E-state index contributed by atoms with van der Waals surface area (Å²) >= 11 is 1.55. The number of hydrogen-bond donors (Lipinski definition) is 0. The minimum absolute atomic E-state index is 0.125. The highest BCUT2D eigenvalue weighted by molar-refractivity contribution is 7.16. The summed E-state index contributed by atoms with van der Waals surface area (Å²) in [5.41, 5.74) is 4.44. The normalized spacial score (nSPS) is 11.9. The number of fused-ring (bicyclic) bond motifs is 1. The van der Waals surface area contributed by atoms with Crippen LogP contribution in [0.3, 0.4) is 0 Å². The van der Waals surface area contributed by atoms with E-state index in [1.807, 2.05) is 24.3 Å². The van der Waals surface area contributed by atoms with E-state index >= 15 is 0 Å². The maximum Gasteiger partial charge on any atom is 0.252 e. The summed E-state index contributed by atoms with van der Waals surface area (Å²) in [5, 5.41) is 0. The lowest BCUT2D eigenvalue weighted by Crippen LogP contribution is -2.16. The molecule has 0 N–H and O–H groups in total. The number of rotatable bonds is 5. The van der Waals surface area contributed by atoms with Gasteiger partial charge in [0.25, 0.3) is 5.91 Å². The Morgan fingerprint density at radius 3 is 2.42 bits per heavy atom. The van der Waals surface area contributed by atoms with Crippen molar-refractivity contribution < 1.29 is 9.53 Å². The van der Waals surface area contributed by atoms with Crippen molar-refractivity contribution in [2.75, 3.05) is 7.11 Å². The molecule has 0 bridgehead atoms. The van der Waals surface area contributed by atoms with Gasteiger partial charge in [-0.15, -0.1) is 0 Å². The molecule has 1 aromatic heterocycles. The number of carbonyl (C=O) groups is 1. The first-order valence-corrected chi connectivity index (χ1v) is 9.71. The standard InChI is InChI=1S/C21H24N2O2S/c1-5-15-8-10-16(11-9-15)13-18(24)22-21-23(6-2)19-17(25-4)12-7-14(3)20(19)26-21/h7-12H,5-6,13H2,1-4H3. The van der Waals surface area contributed by atoms with Gasteiger partial charge in [-0.3, -0.25) is 4.79 Å². The average Bonchev–Trinajstić information content (AvgIpc) is 3.01. The Bertz CT molecular complexity index is 997. The number of aromatic nitrogens is 1. The first-order valence-electron chi connectivity index (χ1n) is 8.89. The molecule has 0 fully saturated rings. The summed E-state index contributed by atoms with van der Waals surface area (Å²) < 4.78 is 8.70. The molecule has 0 aliphatic heterocycles. The molecule has 5 heteroatoms. The zero-order valence-corrected chi connectivity index (χ0v) is 16.5. The van der Waals surface area contributed by atoms with Gasteiger partial charge in [-0.05, 0) is 43.0 Å². The van der Waals surface area contributed by atoms with Crippen LogP contribution in [0, 0.1) is 6.92 Å². The van der Waals surface area contributed by atoms with E-state index in [0.29, 0.717) is 6.42 Å². The second-order valence-corrected chi connectivity index (χ2v) is 7.22. The van der Waals surface area contributed by atoms with Crippen LogP contribution in [-0.2, 0) is 24.2 Å². The third-order valence-corrected chi connectivity index (χ3v) is 5.74. The molecule has 0 spiro atoms. The van der Waals surface area contributed by atoms with Gasteiger partial charge in [-0.1, -0.05) is 48.6 Å². The van der Waals surface area contributed by atoms with Gasteiger partial charge in [-0.25, -0.2) is 0 Å². The lowest BCUT2D eigenvalue weighted by molar-refractivity contribution is -0.117. The molecule has 26 heavy (non-hydrogen) atoms. The summed E-state index contributed by atoms with van der Waals surface area (Å²) in [6, 6.07) is 12.2. The number of amides is 1. The topological polar surface area (TPSA) is 43.6 Å². The SMILES string of the molecule is CCc1ccc(CC(=O)N=c2sc3c(C)ccc(OC)c3n2CC)cc1. The Kier molecular flexibility index (Phi) is 5.57. The lowest BCUT2D eigenvalue weighted by Gasteiger charge is -2.07. The molecular formula is C21H24N2O2S. The van der Waals surface area contributed by atoms with Crippen molar-refractivity contribution in [3.05, 3.63) is 57.9 Å². The van der Waals surface area contributed by atoms with E-state index < -0.39 is 0 Å². The Labute approximate surface area is 157 Å². The van der Waals surface area contributed by atoms with Crippen molar-refractivity contribution in [1.82, 2.24) is 4.57 Å². The summed E-state index contributed by atoms with van der Waals surface area (Å²) in [7, 11) is 1.67. The quantitative estimate of drug-likeness (QED) is 0.675. The van der Waals surface area contributed by atoms with E-state index in [2.05, 4.69) is 42.5 Å². The highest BCUT2D eigenvalue weighted by Crippen LogP contribution is 2.30. The predicted molar refractivity (Wildman–Crippen MR) is 107 cm³/mol. The van der Waals surface area contributed by atoms with E-state index in [-0.39, 0.29) is 5.91 Å². The zero-order valence-electron chi connectivity index (χ0n) is 15.7. The largest absolute Gasteiger partial charge is 0.495 e. The summed E-state index contributed by atoms with van der Waals surface area (Å²) in [4.78, 5) is 17.7. The number of nitrogens with zero attached hydrogens (tertiary/aromatic N) is 2. The second kappa shape index (κ2) is 7.87. The molecule has 1 heterocycles. The van der Waals surface area contributed by atoms with Crippen LogP contribution in [-0.4, -0.2) is 17.6 Å². The molecule has 0 aliphatic carbocycles. The van der Waals surface area contributed by atoms with Crippen molar-refractivity contribution in [2.24, 2.45) is 4.99 Å². The molecule has 0 atom stereocenters. The number of thiazole rings is 1. The van der Waals surface area contributed by atoms with Crippen LogP contribution in [0.1, 0.15) is 30.5 Å². The van der Waals surface area contributed by atoms with Gasteiger partial charge in [0, 0.05) is 6.54 Å². The third-order valence-electron chi connectivity index (χ3n) is 4.53. The van der Waals surface area contributed by atoms with E-state index in [9.17, 15) is 4.79 Å². The van der Waals surface area contributed by atoms with Crippen LogP contribution < -0.4 is 9.54 Å². The predicted octanol–water partition coefficient (Wildman–Crippen LogP) is 4.27. The fraction of sp³-hybridized carbons (Fsp3) is 0.333. The first kappa shape index (κ1) is 18.4. The molecule has 136 valence electrons. The van der Waals surface area contributed by atoms with E-state index in [0.717, 1.165) is 44.9 Å². The molecule has 3 rings (SSSR count). The molecule has 0 unspecified atom stereocenters. The van der Waals surface area contributed by atoms with Gasteiger partial charge in [0.1, 0.15) is 11.3 Å². The molecule has 0 saturated carbocycles. The third kappa shape index (κ3) is 3.58. The van der Waals surface area contributed by atoms with Crippen molar-refractivity contribution in [3.8, 4) is 5.75 Å². The highest BCUT2D eigenvalue weighted by atomic mass is 32.1. The van der Waals surface area contributed by atoms with E-state index in [1.165, 1.54) is 5.56 Å². The van der Waals surface area contributed by atoms with Crippen molar-refractivity contribution in [2.45, 2.75) is 40.2 Å². The summed E-state index contributed by atoms with van der Waals surface area (Å²) in [5.74, 6) is 0.687.